The Labute approximate surface area is 114 Å². The van der Waals surface area contributed by atoms with E-state index in [2.05, 4.69) is 28.0 Å². The number of aryl methyl sites for hydroxylation is 2. The summed E-state index contributed by atoms with van der Waals surface area (Å²) >= 11 is 3.55. The zero-order valence-electron chi connectivity index (χ0n) is 10.6. The second-order valence-electron chi connectivity index (χ2n) is 4.10. The highest BCUT2D eigenvalue weighted by molar-refractivity contribution is 9.10. The zero-order chi connectivity index (χ0) is 13.0. The lowest BCUT2D eigenvalue weighted by Crippen LogP contribution is -2.24. The van der Waals surface area contributed by atoms with E-state index < -0.39 is 10.8 Å². The molecule has 1 aromatic rings. The minimum absolute atomic E-state index is 0.0294. The van der Waals surface area contributed by atoms with Gasteiger partial charge in [0.15, 0.2) is 0 Å². The SMILES string of the molecule is CCc1nn(CC)c(CS(=O)CC(C)N)c1Br. The Morgan fingerprint density at radius 1 is 1.53 bits per heavy atom. The van der Waals surface area contributed by atoms with E-state index in [0.29, 0.717) is 11.5 Å². The van der Waals surface area contributed by atoms with Gasteiger partial charge in [-0.3, -0.25) is 8.89 Å². The molecule has 98 valence electrons. The van der Waals surface area contributed by atoms with E-state index in [1.807, 2.05) is 18.5 Å². The van der Waals surface area contributed by atoms with Crippen LogP contribution >= 0.6 is 15.9 Å². The Kier molecular flexibility index (Phi) is 5.82. The van der Waals surface area contributed by atoms with Crippen LogP contribution in [0.25, 0.3) is 0 Å². The second-order valence-corrected chi connectivity index (χ2v) is 6.40. The Bertz CT molecular complexity index is 404. The maximum absolute atomic E-state index is 11.9. The Hall–Kier alpha value is -0.200. The van der Waals surface area contributed by atoms with Crippen LogP contribution in [-0.2, 0) is 29.5 Å². The van der Waals surface area contributed by atoms with E-state index in [1.165, 1.54) is 0 Å². The number of rotatable bonds is 6. The molecule has 2 atom stereocenters. The molecule has 0 bridgehead atoms. The predicted octanol–water partition coefficient (Wildman–Crippen LogP) is 1.82. The minimum Gasteiger partial charge on any atom is -0.327 e. The van der Waals surface area contributed by atoms with Gasteiger partial charge in [-0.05, 0) is 36.2 Å². The molecule has 1 aromatic heterocycles. The summed E-state index contributed by atoms with van der Waals surface area (Å²) in [7, 11) is -0.928. The third-order valence-electron chi connectivity index (χ3n) is 2.44. The molecule has 0 amide bonds. The highest BCUT2D eigenvalue weighted by Crippen LogP contribution is 2.23. The van der Waals surface area contributed by atoms with E-state index in [1.54, 1.807) is 0 Å². The summed E-state index contributed by atoms with van der Waals surface area (Å²) in [6.07, 6.45) is 0.876. The molecule has 1 heterocycles. The largest absolute Gasteiger partial charge is 0.327 e. The van der Waals surface area contributed by atoms with Crippen LogP contribution in [0.1, 0.15) is 32.2 Å². The molecular weight excluding hydrogens is 302 g/mol. The molecule has 0 aliphatic heterocycles. The number of hydrogen-bond acceptors (Lipinski definition) is 3. The van der Waals surface area contributed by atoms with Gasteiger partial charge in [0.1, 0.15) is 0 Å². The maximum Gasteiger partial charge on any atom is 0.0767 e. The lowest BCUT2D eigenvalue weighted by atomic mass is 10.3. The first-order chi connectivity index (χ1) is 7.99. The van der Waals surface area contributed by atoms with Crippen LogP contribution in [0, 0.1) is 0 Å². The van der Waals surface area contributed by atoms with Gasteiger partial charge in [-0.1, -0.05) is 6.92 Å². The third kappa shape index (κ3) is 3.89. The Morgan fingerprint density at radius 2 is 2.18 bits per heavy atom. The van der Waals surface area contributed by atoms with Crippen molar-refractivity contribution >= 4 is 26.7 Å². The van der Waals surface area contributed by atoms with Crippen LogP contribution in [0.15, 0.2) is 4.47 Å². The molecule has 0 saturated carbocycles. The van der Waals surface area contributed by atoms with Gasteiger partial charge in [0.2, 0.25) is 0 Å². The molecule has 0 aromatic carbocycles. The summed E-state index contributed by atoms with van der Waals surface area (Å²) in [6.45, 7) is 6.78. The van der Waals surface area contributed by atoms with Crippen molar-refractivity contribution in [1.82, 2.24) is 9.78 Å². The summed E-state index contributed by atoms with van der Waals surface area (Å²) in [4.78, 5) is 0. The van der Waals surface area contributed by atoms with Gasteiger partial charge in [-0.25, -0.2) is 0 Å². The normalized spacial score (nSPS) is 14.9. The second kappa shape index (κ2) is 6.66. The average molecular weight is 322 g/mol. The van der Waals surface area contributed by atoms with Crippen molar-refractivity contribution in [3.8, 4) is 0 Å². The summed E-state index contributed by atoms with van der Waals surface area (Å²) in [6, 6.07) is -0.0294. The van der Waals surface area contributed by atoms with Crippen molar-refractivity contribution in [3.63, 3.8) is 0 Å². The first-order valence-corrected chi connectivity index (χ1v) is 8.12. The van der Waals surface area contributed by atoms with E-state index in [9.17, 15) is 4.21 Å². The molecule has 0 aliphatic rings. The molecule has 17 heavy (non-hydrogen) atoms. The smallest absolute Gasteiger partial charge is 0.0767 e. The fraction of sp³-hybridized carbons (Fsp3) is 0.727. The topological polar surface area (TPSA) is 60.9 Å². The van der Waals surface area contributed by atoms with Gasteiger partial charge < -0.3 is 5.73 Å². The zero-order valence-corrected chi connectivity index (χ0v) is 13.0. The molecule has 2 N–H and O–H groups in total. The van der Waals surface area contributed by atoms with Crippen molar-refractivity contribution < 1.29 is 4.21 Å². The summed E-state index contributed by atoms with van der Waals surface area (Å²) in [5.74, 6) is 1.05. The van der Waals surface area contributed by atoms with Crippen LogP contribution < -0.4 is 5.73 Å². The maximum atomic E-state index is 11.9. The van der Waals surface area contributed by atoms with Gasteiger partial charge in [0.05, 0.1) is 21.6 Å². The monoisotopic (exact) mass is 321 g/mol. The Balaban J connectivity index is 2.89. The van der Waals surface area contributed by atoms with Crippen molar-refractivity contribution in [2.75, 3.05) is 5.75 Å². The molecule has 0 spiro atoms. The molecule has 0 fully saturated rings. The van der Waals surface area contributed by atoms with E-state index in [4.69, 9.17) is 5.73 Å². The van der Waals surface area contributed by atoms with Crippen LogP contribution in [0.5, 0.6) is 0 Å². The van der Waals surface area contributed by atoms with Crippen molar-refractivity contribution in [2.24, 2.45) is 5.73 Å². The van der Waals surface area contributed by atoms with Crippen molar-refractivity contribution in [2.45, 2.75) is 45.5 Å². The number of aromatic nitrogens is 2. The lowest BCUT2D eigenvalue weighted by molar-refractivity contribution is 0.622. The Morgan fingerprint density at radius 3 is 2.65 bits per heavy atom. The van der Waals surface area contributed by atoms with Gasteiger partial charge in [-0.2, -0.15) is 5.10 Å². The van der Waals surface area contributed by atoms with E-state index in [-0.39, 0.29) is 6.04 Å². The van der Waals surface area contributed by atoms with Gasteiger partial charge >= 0.3 is 0 Å². The van der Waals surface area contributed by atoms with Crippen LogP contribution in [0.3, 0.4) is 0 Å². The summed E-state index contributed by atoms with van der Waals surface area (Å²) < 4.78 is 14.8. The molecule has 1 rings (SSSR count). The number of halogens is 1. The van der Waals surface area contributed by atoms with Crippen LogP contribution in [0.2, 0.25) is 0 Å². The molecule has 4 nitrogen and oxygen atoms in total. The fourth-order valence-corrected chi connectivity index (χ4v) is 3.85. The number of nitrogens with zero attached hydrogens (tertiary/aromatic N) is 2. The molecule has 2 unspecified atom stereocenters. The standard InChI is InChI=1S/C11H20BrN3OS/c1-4-9-11(12)10(15(5-2)14-9)7-17(16)6-8(3)13/h8H,4-7,13H2,1-3H3. The molecular formula is C11H20BrN3OS. The van der Waals surface area contributed by atoms with Crippen LogP contribution in [-0.4, -0.2) is 25.8 Å². The molecule has 0 saturated heterocycles. The summed E-state index contributed by atoms with van der Waals surface area (Å²) in [5.41, 5.74) is 7.70. The highest BCUT2D eigenvalue weighted by Gasteiger charge is 2.16. The predicted molar refractivity (Wildman–Crippen MR) is 75.3 cm³/mol. The molecule has 0 aliphatic carbocycles. The van der Waals surface area contributed by atoms with Gasteiger partial charge in [0, 0.05) is 29.1 Å². The first-order valence-electron chi connectivity index (χ1n) is 5.84. The quantitative estimate of drug-likeness (QED) is 0.869. The fourth-order valence-electron chi connectivity index (χ4n) is 1.66. The number of nitrogens with two attached hydrogens (primary N) is 1. The lowest BCUT2D eigenvalue weighted by Gasteiger charge is -2.07. The first kappa shape index (κ1) is 14.9. The summed E-state index contributed by atoms with van der Waals surface area (Å²) in [5, 5.41) is 4.48. The number of hydrogen-bond donors (Lipinski definition) is 1. The molecule has 6 heteroatoms. The highest BCUT2D eigenvalue weighted by atomic mass is 79.9. The van der Waals surface area contributed by atoms with Gasteiger partial charge in [0.25, 0.3) is 0 Å². The van der Waals surface area contributed by atoms with E-state index in [0.717, 1.165) is 28.8 Å². The van der Waals surface area contributed by atoms with Crippen molar-refractivity contribution in [3.05, 3.63) is 15.9 Å². The van der Waals surface area contributed by atoms with E-state index >= 15 is 0 Å². The van der Waals surface area contributed by atoms with Crippen molar-refractivity contribution in [1.29, 1.82) is 0 Å². The van der Waals surface area contributed by atoms with Gasteiger partial charge in [-0.15, -0.1) is 0 Å². The average Bonchev–Trinajstić information content (AvgIpc) is 2.55. The van der Waals surface area contributed by atoms with Crippen LogP contribution in [0.4, 0.5) is 0 Å². The third-order valence-corrected chi connectivity index (χ3v) is 4.85. The molecule has 0 radical (unpaired) electrons. The minimum atomic E-state index is -0.928.